The lowest BCUT2D eigenvalue weighted by molar-refractivity contribution is -0.137. The van der Waals surface area contributed by atoms with Crippen LogP contribution in [0.1, 0.15) is 21.5 Å². The van der Waals surface area contributed by atoms with Gasteiger partial charge in [0.1, 0.15) is 0 Å². The molecule has 5 nitrogen and oxygen atoms in total. The molecule has 1 N–H and O–H groups in total. The summed E-state index contributed by atoms with van der Waals surface area (Å²) in [4.78, 5) is 23.8. The zero-order valence-electron chi connectivity index (χ0n) is 14.1. The van der Waals surface area contributed by atoms with Gasteiger partial charge in [0.2, 0.25) is 0 Å². The molecule has 0 unspecified atom stereocenters. The molecular formula is C18H15ClF3NO4. The first-order valence-corrected chi connectivity index (χ1v) is 8.00. The van der Waals surface area contributed by atoms with Crippen LogP contribution < -0.4 is 5.32 Å². The van der Waals surface area contributed by atoms with Crippen molar-refractivity contribution in [2.24, 2.45) is 0 Å². The number of halogens is 4. The Balaban J connectivity index is 1.96. The number of ether oxygens (including phenoxy) is 2. The Morgan fingerprint density at radius 1 is 1.15 bits per heavy atom. The van der Waals surface area contributed by atoms with Crippen LogP contribution in [0.5, 0.6) is 0 Å². The zero-order chi connectivity index (χ0) is 20.0. The van der Waals surface area contributed by atoms with Crippen molar-refractivity contribution in [1.29, 1.82) is 0 Å². The van der Waals surface area contributed by atoms with Gasteiger partial charge in [-0.1, -0.05) is 23.7 Å². The average Bonchev–Trinajstić information content (AvgIpc) is 2.61. The van der Waals surface area contributed by atoms with E-state index in [0.717, 1.165) is 11.6 Å². The van der Waals surface area contributed by atoms with E-state index in [-0.39, 0.29) is 11.3 Å². The highest BCUT2D eigenvalue weighted by Crippen LogP contribution is 2.36. The number of methoxy groups -OCH3 is 1. The molecule has 144 valence electrons. The number of hydrogen-bond donors (Lipinski definition) is 1. The van der Waals surface area contributed by atoms with Gasteiger partial charge >= 0.3 is 12.1 Å². The summed E-state index contributed by atoms with van der Waals surface area (Å²) in [5.41, 5.74) is -0.218. The molecule has 9 heteroatoms. The van der Waals surface area contributed by atoms with Gasteiger partial charge in [0.25, 0.3) is 5.91 Å². The second-order valence-corrected chi connectivity index (χ2v) is 5.86. The Labute approximate surface area is 158 Å². The first-order chi connectivity index (χ1) is 12.7. The van der Waals surface area contributed by atoms with Crippen molar-refractivity contribution in [2.75, 3.05) is 19.0 Å². The normalized spacial score (nSPS) is 11.1. The maximum absolute atomic E-state index is 12.8. The molecule has 0 radical (unpaired) electrons. The van der Waals surface area contributed by atoms with Gasteiger partial charge < -0.3 is 14.8 Å². The molecule has 0 bridgehead atoms. The second-order valence-electron chi connectivity index (χ2n) is 5.45. The van der Waals surface area contributed by atoms with Crippen LogP contribution in [0.2, 0.25) is 5.02 Å². The van der Waals surface area contributed by atoms with Crippen molar-refractivity contribution in [3.05, 3.63) is 64.2 Å². The summed E-state index contributed by atoms with van der Waals surface area (Å²) in [6.45, 7) is -0.350. The maximum atomic E-state index is 12.8. The molecule has 0 aliphatic carbocycles. The molecule has 1 amide bonds. The number of carbonyl (C=O) groups excluding carboxylic acids is 2. The van der Waals surface area contributed by atoms with Crippen molar-refractivity contribution >= 4 is 29.2 Å². The van der Waals surface area contributed by atoms with Crippen LogP contribution in [-0.2, 0) is 27.1 Å². The third kappa shape index (κ3) is 5.97. The quantitative estimate of drug-likeness (QED) is 0.733. The SMILES string of the molecule is COCc1cccc(C(=O)OCC(=O)Nc2ccc(Cl)c(C(F)(F)F)c2)c1. The lowest BCUT2D eigenvalue weighted by atomic mass is 10.1. The number of alkyl halides is 3. The minimum atomic E-state index is -4.66. The van der Waals surface area contributed by atoms with Crippen LogP contribution in [0.3, 0.4) is 0 Å². The van der Waals surface area contributed by atoms with Gasteiger partial charge in [-0.2, -0.15) is 13.2 Å². The van der Waals surface area contributed by atoms with E-state index in [1.807, 2.05) is 0 Å². The number of rotatable bonds is 6. The highest BCUT2D eigenvalue weighted by molar-refractivity contribution is 6.31. The Kier molecular flexibility index (Phi) is 6.81. The third-order valence-corrected chi connectivity index (χ3v) is 3.69. The molecule has 2 aromatic rings. The fraction of sp³-hybridized carbons (Fsp3) is 0.222. The summed E-state index contributed by atoms with van der Waals surface area (Å²) in [5, 5.41) is 1.74. The molecule has 0 atom stereocenters. The van der Waals surface area contributed by atoms with Gasteiger partial charge in [-0.05, 0) is 35.9 Å². The van der Waals surface area contributed by atoms with E-state index in [9.17, 15) is 22.8 Å². The summed E-state index contributed by atoms with van der Waals surface area (Å²) in [6.07, 6.45) is -4.66. The number of amides is 1. The van der Waals surface area contributed by atoms with Gasteiger partial charge in [0, 0.05) is 12.8 Å². The first kappa shape index (κ1) is 20.7. The summed E-state index contributed by atoms with van der Waals surface area (Å²) >= 11 is 5.51. The van der Waals surface area contributed by atoms with E-state index >= 15 is 0 Å². The van der Waals surface area contributed by atoms with Crippen molar-refractivity contribution < 1.29 is 32.2 Å². The van der Waals surface area contributed by atoms with E-state index in [0.29, 0.717) is 12.7 Å². The van der Waals surface area contributed by atoms with Gasteiger partial charge in [0.15, 0.2) is 6.61 Å². The standard InChI is InChI=1S/C18H15ClF3NO4/c1-26-9-11-3-2-4-12(7-11)17(25)27-10-16(24)23-13-5-6-15(19)14(8-13)18(20,21)22/h2-8H,9-10H2,1H3,(H,23,24). The van der Waals surface area contributed by atoms with Crippen LogP contribution in [-0.4, -0.2) is 25.6 Å². The lowest BCUT2D eigenvalue weighted by Crippen LogP contribution is -2.21. The second kappa shape index (κ2) is 8.88. The summed E-state index contributed by atoms with van der Waals surface area (Å²) in [5.74, 6) is -1.53. The largest absolute Gasteiger partial charge is 0.452 e. The molecular weight excluding hydrogens is 387 g/mol. The number of carbonyl (C=O) groups is 2. The number of anilines is 1. The van der Waals surface area contributed by atoms with E-state index in [1.165, 1.54) is 19.2 Å². The smallest absolute Gasteiger partial charge is 0.417 e. The molecule has 2 rings (SSSR count). The fourth-order valence-corrected chi connectivity index (χ4v) is 2.41. The van der Waals surface area contributed by atoms with Gasteiger partial charge in [0.05, 0.1) is 22.8 Å². The molecule has 2 aromatic carbocycles. The van der Waals surface area contributed by atoms with Gasteiger partial charge in [-0.25, -0.2) is 4.79 Å². The topological polar surface area (TPSA) is 64.6 Å². The first-order valence-electron chi connectivity index (χ1n) is 7.62. The number of hydrogen-bond acceptors (Lipinski definition) is 4. The Bertz CT molecular complexity index is 840. The summed E-state index contributed by atoms with van der Waals surface area (Å²) in [7, 11) is 1.51. The molecule has 0 heterocycles. The van der Waals surface area contributed by atoms with Crippen molar-refractivity contribution in [3.63, 3.8) is 0 Å². The predicted molar refractivity (Wildman–Crippen MR) is 92.5 cm³/mol. The summed E-state index contributed by atoms with van der Waals surface area (Å²) in [6, 6.07) is 9.39. The third-order valence-electron chi connectivity index (χ3n) is 3.36. The van der Waals surface area contributed by atoms with Gasteiger partial charge in [-0.3, -0.25) is 4.79 Å². The monoisotopic (exact) mass is 401 g/mol. The highest BCUT2D eigenvalue weighted by Gasteiger charge is 2.33. The van der Waals surface area contributed by atoms with E-state index in [1.54, 1.807) is 18.2 Å². The minimum Gasteiger partial charge on any atom is -0.452 e. The maximum Gasteiger partial charge on any atom is 0.417 e. The van der Waals surface area contributed by atoms with Crippen molar-refractivity contribution in [2.45, 2.75) is 12.8 Å². The minimum absolute atomic E-state index is 0.116. The number of esters is 1. The van der Waals surface area contributed by atoms with E-state index in [4.69, 9.17) is 21.1 Å². The lowest BCUT2D eigenvalue weighted by Gasteiger charge is -2.12. The number of nitrogens with one attached hydrogen (secondary N) is 1. The Morgan fingerprint density at radius 2 is 1.89 bits per heavy atom. The van der Waals surface area contributed by atoms with Crippen LogP contribution >= 0.6 is 11.6 Å². The van der Waals surface area contributed by atoms with Crippen molar-refractivity contribution in [3.8, 4) is 0 Å². The Morgan fingerprint density at radius 3 is 2.56 bits per heavy atom. The molecule has 0 aliphatic heterocycles. The molecule has 0 saturated carbocycles. The van der Waals surface area contributed by atoms with Gasteiger partial charge in [-0.15, -0.1) is 0 Å². The average molecular weight is 402 g/mol. The number of benzene rings is 2. The predicted octanol–water partition coefficient (Wildman–Crippen LogP) is 4.30. The molecule has 0 aromatic heterocycles. The van der Waals surface area contributed by atoms with Crippen LogP contribution in [0.4, 0.5) is 18.9 Å². The Hall–Kier alpha value is -2.58. The molecule has 0 spiro atoms. The zero-order valence-corrected chi connectivity index (χ0v) is 14.9. The summed E-state index contributed by atoms with van der Waals surface area (Å²) < 4.78 is 48.3. The fourth-order valence-electron chi connectivity index (χ4n) is 2.19. The molecule has 27 heavy (non-hydrogen) atoms. The molecule has 0 fully saturated rings. The highest BCUT2D eigenvalue weighted by atomic mass is 35.5. The van der Waals surface area contributed by atoms with Crippen LogP contribution in [0.25, 0.3) is 0 Å². The van der Waals surface area contributed by atoms with E-state index in [2.05, 4.69) is 5.32 Å². The molecule has 0 aliphatic rings. The van der Waals surface area contributed by atoms with Crippen LogP contribution in [0, 0.1) is 0 Å². The van der Waals surface area contributed by atoms with Crippen LogP contribution in [0.15, 0.2) is 42.5 Å². The van der Waals surface area contributed by atoms with E-state index < -0.39 is 35.2 Å². The molecule has 0 saturated heterocycles. The van der Waals surface area contributed by atoms with Crippen molar-refractivity contribution in [1.82, 2.24) is 0 Å².